The monoisotopic (exact) mass is 438 g/mol. The number of rotatable bonds is 8. The number of nitrogens with zero attached hydrogens (tertiary/aromatic N) is 3. The lowest BCUT2D eigenvalue weighted by atomic mass is 10.1. The molecule has 0 unspecified atom stereocenters. The summed E-state index contributed by atoms with van der Waals surface area (Å²) in [6, 6.07) is 16.5. The molecule has 5 nitrogen and oxygen atoms in total. The minimum absolute atomic E-state index is 0.345. The van der Waals surface area contributed by atoms with Gasteiger partial charge in [-0.3, -0.25) is 0 Å². The molecule has 0 aliphatic carbocycles. The molecule has 1 aromatic heterocycles. The molecule has 30 heavy (non-hydrogen) atoms. The highest BCUT2D eigenvalue weighted by Crippen LogP contribution is 2.39. The maximum absolute atomic E-state index is 6.34. The van der Waals surface area contributed by atoms with Crippen LogP contribution in [-0.2, 0) is 0 Å². The zero-order valence-corrected chi connectivity index (χ0v) is 18.9. The molecule has 0 radical (unpaired) electrons. The highest BCUT2D eigenvalue weighted by atomic mass is 32.2. The van der Waals surface area contributed by atoms with Crippen LogP contribution in [0.3, 0.4) is 0 Å². The molecular formula is C23H26N4OS2. The van der Waals surface area contributed by atoms with E-state index in [0.29, 0.717) is 16.7 Å². The number of unbranched alkanes of at least 4 members (excludes halogenated alkanes) is 3. The normalized spacial score (nSPS) is 14.8. The first-order valence-electron chi connectivity index (χ1n) is 10.3. The van der Waals surface area contributed by atoms with Crippen molar-refractivity contribution in [3.8, 4) is 17.1 Å². The third-order valence-electron chi connectivity index (χ3n) is 4.98. The van der Waals surface area contributed by atoms with Crippen molar-refractivity contribution in [2.75, 3.05) is 17.3 Å². The topological polar surface area (TPSA) is 59.9 Å². The molecule has 0 bridgehead atoms. The van der Waals surface area contributed by atoms with Gasteiger partial charge >= 0.3 is 0 Å². The van der Waals surface area contributed by atoms with Crippen LogP contribution < -0.4 is 10.1 Å². The molecular weight excluding hydrogens is 412 g/mol. The van der Waals surface area contributed by atoms with Crippen LogP contribution in [0.5, 0.6) is 5.88 Å². The van der Waals surface area contributed by atoms with Crippen molar-refractivity contribution in [1.29, 1.82) is 0 Å². The first kappa shape index (κ1) is 21.0. The molecule has 4 rings (SSSR count). The van der Waals surface area contributed by atoms with Gasteiger partial charge in [0.25, 0.3) is 0 Å². The third kappa shape index (κ3) is 4.90. The molecule has 1 aliphatic rings. The largest absolute Gasteiger partial charge is 0.448 e. The van der Waals surface area contributed by atoms with E-state index in [1.54, 1.807) is 23.5 Å². The van der Waals surface area contributed by atoms with Gasteiger partial charge in [0.15, 0.2) is 11.9 Å². The maximum atomic E-state index is 6.34. The van der Waals surface area contributed by atoms with E-state index in [4.69, 9.17) is 9.72 Å². The van der Waals surface area contributed by atoms with Crippen LogP contribution in [0.1, 0.15) is 44.4 Å². The number of benzene rings is 2. The summed E-state index contributed by atoms with van der Waals surface area (Å²) in [5.41, 5.74) is 3.64. The Morgan fingerprint density at radius 2 is 1.83 bits per heavy atom. The number of para-hydroxylation sites is 1. The number of anilines is 1. The first-order chi connectivity index (χ1) is 14.8. The van der Waals surface area contributed by atoms with Crippen molar-refractivity contribution in [3.63, 3.8) is 0 Å². The van der Waals surface area contributed by atoms with Crippen molar-refractivity contribution in [2.24, 2.45) is 0 Å². The van der Waals surface area contributed by atoms with Gasteiger partial charge in [-0.05, 0) is 30.9 Å². The van der Waals surface area contributed by atoms with Gasteiger partial charge in [-0.25, -0.2) is 0 Å². The standard InChI is InChI=1S/C23H26N4OS2/c1-3-4-5-8-15-30-23-25-22-20(26-27-23)18-9-6-7-10-19(18)24-21(28-22)16-11-13-17(29-2)14-12-16/h6-7,9-14,21,24H,3-5,8,15H2,1-2H3/t21-/m1/s1. The second-order valence-corrected chi connectivity index (χ2v) is 9.06. The Morgan fingerprint density at radius 3 is 2.63 bits per heavy atom. The van der Waals surface area contributed by atoms with Gasteiger partial charge in [0.05, 0.1) is 0 Å². The van der Waals surface area contributed by atoms with E-state index in [0.717, 1.165) is 29.0 Å². The maximum Gasteiger partial charge on any atom is 0.247 e. The van der Waals surface area contributed by atoms with Crippen LogP contribution in [0.4, 0.5) is 5.69 Å². The Kier molecular flexibility index (Phi) is 7.12. The SMILES string of the molecule is CCCCCCSc1nnc2c(n1)O[C@H](c1ccc(SC)cc1)Nc1ccccc1-2. The Bertz CT molecular complexity index is 981. The molecule has 0 saturated heterocycles. The van der Waals surface area contributed by atoms with Gasteiger partial charge < -0.3 is 10.1 Å². The minimum atomic E-state index is -0.345. The van der Waals surface area contributed by atoms with Gasteiger partial charge in [0.2, 0.25) is 11.0 Å². The molecule has 3 aromatic rings. The summed E-state index contributed by atoms with van der Waals surface area (Å²) >= 11 is 3.37. The van der Waals surface area contributed by atoms with E-state index < -0.39 is 0 Å². The summed E-state index contributed by atoms with van der Waals surface area (Å²) in [6.07, 6.45) is 6.64. The van der Waals surface area contributed by atoms with Gasteiger partial charge in [-0.1, -0.05) is 68.3 Å². The lowest BCUT2D eigenvalue weighted by molar-refractivity contribution is 0.225. The molecule has 1 aliphatic heterocycles. The molecule has 0 spiro atoms. The Balaban J connectivity index is 1.61. The Labute approximate surface area is 186 Å². The zero-order chi connectivity index (χ0) is 20.8. The van der Waals surface area contributed by atoms with Gasteiger partial charge in [0.1, 0.15) is 0 Å². The first-order valence-corrected chi connectivity index (χ1v) is 12.5. The molecule has 0 saturated carbocycles. The lowest BCUT2D eigenvalue weighted by Gasteiger charge is -2.19. The number of fused-ring (bicyclic) bond motifs is 3. The molecule has 2 aromatic carbocycles. The van der Waals surface area contributed by atoms with Crippen LogP contribution in [-0.4, -0.2) is 27.2 Å². The second kappa shape index (κ2) is 10.2. The quantitative estimate of drug-likeness (QED) is 0.321. The Morgan fingerprint density at radius 1 is 1.00 bits per heavy atom. The molecule has 1 N–H and O–H groups in total. The number of hydrogen-bond acceptors (Lipinski definition) is 7. The van der Waals surface area contributed by atoms with Crippen molar-refractivity contribution in [1.82, 2.24) is 15.2 Å². The number of hydrogen-bond donors (Lipinski definition) is 1. The second-order valence-electron chi connectivity index (χ2n) is 7.12. The van der Waals surface area contributed by atoms with Crippen molar-refractivity contribution < 1.29 is 4.74 Å². The fourth-order valence-electron chi connectivity index (χ4n) is 3.33. The molecule has 7 heteroatoms. The Hall–Kier alpha value is -2.25. The average molecular weight is 439 g/mol. The lowest BCUT2D eigenvalue weighted by Crippen LogP contribution is -2.17. The van der Waals surface area contributed by atoms with E-state index in [9.17, 15) is 0 Å². The van der Waals surface area contributed by atoms with Gasteiger partial charge in [0, 0.05) is 27.5 Å². The van der Waals surface area contributed by atoms with Crippen LogP contribution in [0.25, 0.3) is 11.3 Å². The summed E-state index contributed by atoms with van der Waals surface area (Å²) in [4.78, 5) is 5.94. The van der Waals surface area contributed by atoms with Gasteiger partial charge in [-0.15, -0.1) is 22.0 Å². The molecule has 156 valence electrons. The third-order valence-corrected chi connectivity index (χ3v) is 6.65. The highest BCUT2D eigenvalue weighted by Gasteiger charge is 2.25. The molecule has 0 fully saturated rings. The van der Waals surface area contributed by atoms with E-state index in [-0.39, 0.29) is 6.23 Å². The number of nitrogens with one attached hydrogen (secondary N) is 1. The van der Waals surface area contributed by atoms with E-state index in [2.05, 4.69) is 53.0 Å². The van der Waals surface area contributed by atoms with Gasteiger partial charge in [-0.2, -0.15) is 4.98 Å². The number of aromatic nitrogens is 3. The molecule has 2 heterocycles. The fourth-order valence-corrected chi connectivity index (χ4v) is 4.52. The zero-order valence-electron chi connectivity index (χ0n) is 17.3. The molecule has 1 atom stereocenters. The average Bonchev–Trinajstić information content (AvgIpc) is 2.95. The van der Waals surface area contributed by atoms with Crippen LogP contribution >= 0.6 is 23.5 Å². The highest BCUT2D eigenvalue weighted by molar-refractivity contribution is 7.99. The summed E-state index contributed by atoms with van der Waals surface area (Å²) in [5.74, 6) is 1.52. The van der Waals surface area contributed by atoms with Crippen LogP contribution in [0, 0.1) is 0 Å². The van der Waals surface area contributed by atoms with E-state index >= 15 is 0 Å². The number of ether oxygens (including phenoxy) is 1. The van der Waals surface area contributed by atoms with Crippen molar-refractivity contribution in [3.05, 3.63) is 54.1 Å². The van der Waals surface area contributed by atoms with Crippen LogP contribution in [0.2, 0.25) is 0 Å². The summed E-state index contributed by atoms with van der Waals surface area (Å²) in [5, 5.41) is 13.0. The van der Waals surface area contributed by atoms with Crippen molar-refractivity contribution in [2.45, 2.75) is 48.9 Å². The predicted octanol–water partition coefficient (Wildman–Crippen LogP) is 6.44. The van der Waals surface area contributed by atoms with E-state index in [1.807, 2.05) is 24.3 Å². The fraction of sp³-hybridized carbons (Fsp3) is 0.348. The smallest absolute Gasteiger partial charge is 0.247 e. The molecule has 0 amide bonds. The summed E-state index contributed by atoms with van der Waals surface area (Å²) in [7, 11) is 0. The minimum Gasteiger partial charge on any atom is -0.448 e. The predicted molar refractivity (Wildman–Crippen MR) is 125 cm³/mol. The van der Waals surface area contributed by atoms with Crippen LogP contribution in [0.15, 0.2) is 58.6 Å². The van der Waals surface area contributed by atoms with E-state index in [1.165, 1.54) is 24.2 Å². The summed E-state index contributed by atoms with van der Waals surface area (Å²) in [6.45, 7) is 2.22. The number of thioether (sulfide) groups is 2. The van der Waals surface area contributed by atoms with Crippen molar-refractivity contribution >= 4 is 29.2 Å². The summed E-state index contributed by atoms with van der Waals surface area (Å²) < 4.78 is 6.34.